The number of hydrogen-bond acceptors (Lipinski definition) is 3. The third-order valence-electron chi connectivity index (χ3n) is 1.21. The summed E-state index contributed by atoms with van der Waals surface area (Å²) in [5.74, 6) is 0. The molecule has 1 aromatic heterocycles. The molecule has 0 aliphatic heterocycles. The fraction of sp³-hybridized carbons (Fsp3) is 0.500. The number of thiazole rings is 1. The number of aromatic nitrogens is 1. The number of rotatable bonds is 1. The van der Waals surface area contributed by atoms with Gasteiger partial charge >= 0.3 is 0 Å². The third-order valence-corrected chi connectivity index (χ3v) is 2.27. The summed E-state index contributed by atoms with van der Waals surface area (Å²) in [4.78, 5) is 5.29. The number of halogens is 1. The summed E-state index contributed by atoms with van der Waals surface area (Å²) < 4.78 is 0. The molecule has 0 radical (unpaired) electrons. The zero-order chi connectivity index (χ0) is 6.85. The summed E-state index contributed by atoms with van der Waals surface area (Å²) >= 11 is 1.55. The van der Waals surface area contributed by atoms with E-state index in [2.05, 4.69) is 4.98 Å². The predicted octanol–water partition coefficient (Wildman–Crippen LogP) is 1.67. The van der Waals surface area contributed by atoms with Crippen molar-refractivity contribution in [3.63, 3.8) is 0 Å². The molecule has 0 atom stereocenters. The fourth-order valence-corrected chi connectivity index (χ4v) is 1.40. The van der Waals surface area contributed by atoms with Gasteiger partial charge in [-0.15, -0.1) is 23.7 Å². The molecule has 0 amide bonds. The molecule has 0 aliphatic rings. The first kappa shape index (κ1) is 9.88. The minimum absolute atomic E-state index is 0. The van der Waals surface area contributed by atoms with Crippen molar-refractivity contribution in [2.24, 2.45) is 0 Å². The molecule has 0 spiro atoms. The van der Waals surface area contributed by atoms with E-state index in [1.807, 2.05) is 13.8 Å². The van der Waals surface area contributed by atoms with Crippen LogP contribution in [0.1, 0.15) is 15.6 Å². The first-order chi connectivity index (χ1) is 4.24. The van der Waals surface area contributed by atoms with Crippen LogP contribution in [-0.4, -0.2) is 10.1 Å². The van der Waals surface area contributed by atoms with Crippen molar-refractivity contribution < 1.29 is 5.11 Å². The molecule has 0 unspecified atom stereocenters. The molecule has 0 saturated heterocycles. The van der Waals surface area contributed by atoms with Crippen molar-refractivity contribution in [2.45, 2.75) is 20.5 Å². The van der Waals surface area contributed by atoms with E-state index in [1.165, 1.54) is 4.88 Å². The molecule has 0 fully saturated rings. The summed E-state index contributed by atoms with van der Waals surface area (Å²) in [7, 11) is 0. The zero-order valence-electron chi connectivity index (χ0n) is 5.92. The van der Waals surface area contributed by atoms with Crippen LogP contribution in [0.5, 0.6) is 0 Å². The Kier molecular flexibility index (Phi) is 3.86. The van der Waals surface area contributed by atoms with Crippen LogP contribution < -0.4 is 0 Å². The highest BCUT2D eigenvalue weighted by atomic mass is 35.5. The van der Waals surface area contributed by atoms with Crippen LogP contribution in [0.15, 0.2) is 0 Å². The Bertz CT molecular complexity index is 192. The highest BCUT2D eigenvalue weighted by Crippen LogP contribution is 2.15. The van der Waals surface area contributed by atoms with Crippen LogP contribution in [0, 0.1) is 13.8 Å². The first-order valence-corrected chi connectivity index (χ1v) is 3.59. The minimum Gasteiger partial charge on any atom is -0.389 e. The molecule has 0 aliphatic carbocycles. The van der Waals surface area contributed by atoms with Crippen LogP contribution >= 0.6 is 23.7 Å². The summed E-state index contributed by atoms with van der Waals surface area (Å²) in [6, 6.07) is 0. The molecular formula is C6H10ClNOS. The second kappa shape index (κ2) is 3.91. The van der Waals surface area contributed by atoms with E-state index < -0.39 is 0 Å². The summed E-state index contributed by atoms with van der Waals surface area (Å²) in [5.41, 5.74) is 1.03. The molecular weight excluding hydrogens is 170 g/mol. The molecule has 4 heteroatoms. The highest BCUT2D eigenvalue weighted by molar-refractivity contribution is 7.11. The second-order valence-electron chi connectivity index (χ2n) is 1.91. The Labute approximate surface area is 70.3 Å². The van der Waals surface area contributed by atoms with E-state index in [0.29, 0.717) is 0 Å². The van der Waals surface area contributed by atoms with Crippen LogP contribution in [0.2, 0.25) is 0 Å². The average molecular weight is 180 g/mol. The van der Waals surface area contributed by atoms with Gasteiger partial charge in [-0.1, -0.05) is 0 Å². The molecule has 0 saturated carbocycles. The number of aliphatic hydroxyl groups excluding tert-OH is 1. The van der Waals surface area contributed by atoms with Gasteiger partial charge in [0.15, 0.2) is 0 Å². The van der Waals surface area contributed by atoms with Gasteiger partial charge in [0.2, 0.25) is 0 Å². The molecule has 58 valence electrons. The van der Waals surface area contributed by atoms with Crippen molar-refractivity contribution in [2.75, 3.05) is 0 Å². The van der Waals surface area contributed by atoms with Gasteiger partial charge in [0.25, 0.3) is 0 Å². The lowest BCUT2D eigenvalue weighted by Crippen LogP contribution is -1.79. The van der Waals surface area contributed by atoms with Gasteiger partial charge in [-0.05, 0) is 13.8 Å². The zero-order valence-corrected chi connectivity index (χ0v) is 7.55. The highest BCUT2D eigenvalue weighted by Gasteiger charge is 1.99. The van der Waals surface area contributed by atoms with E-state index >= 15 is 0 Å². The topological polar surface area (TPSA) is 33.1 Å². The van der Waals surface area contributed by atoms with E-state index in [-0.39, 0.29) is 19.0 Å². The Balaban J connectivity index is 0.000000810. The van der Waals surface area contributed by atoms with E-state index in [9.17, 15) is 0 Å². The maximum Gasteiger partial charge on any atom is 0.119 e. The predicted molar refractivity (Wildman–Crippen MR) is 44.8 cm³/mol. The molecule has 1 heterocycles. The van der Waals surface area contributed by atoms with Crippen LogP contribution in [0.3, 0.4) is 0 Å². The summed E-state index contributed by atoms with van der Waals surface area (Å²) in [6.07, 6.45) is 0. The van der Waals surface area contributed by atoms with Crippen molar-refractivity contribution >= 4 is 23.7 Å². The molecule has 1 rings (SSSR count). The normalized spacial score (nSPS) is 9.10. The molecule has 0 aromatic carbocycles. The Morgan fingerprint density at radius 2 is 2.10 bits per heavy atom. The number of aryl methyl sites for hydroxylation is 2. The van der Waals surface area contributed by atoms with E-state index in [0.717, 1.165) is 10.7 Å². The van der Waals surface area contributed by atoms with E-state index in [4.69, 9.17) is 5.11 Å². The lowest BCUT2D eigenvalue weighted by molar-refractivity contribution is 0.281. The number of aliphatic hydroxyl groups is 1. The van der Waals surface area contributed by atoms with Crippen LogP contribution in [-0.2, 0) is 6.61 Å². The third kappa shape index (κ3) is 1.94. The van der Waals surface area contributed by atoms with E-state index in [1.54, 1.807) is 11.3 Å². The smallest absolute Gasteiger partial charge is 0.119 e. The number of nitrogens with zero attached hydrogens (tertiary/aromatic N) is 1. The Morgan fingerprint density at radius 1 is 1.50 bits per heavy atom. The summed E-state index contributed by atoms with van der Waals surface area (Å²) in [5, 5.41) is 9.43. The minimum atomic E-state index is 0. The van der Waals surface area contributed by atoms with Gasteiger partial charge in [0, 0.05) is 4.88 Å². The summed E-state index contributed by atoms with van der Waals surface area (Å²) in [6.45, 7) is 4.02. The van der Waals surface area contributed by atoms with Crippen LogP contribution in [0.4, 0.5) is 0 Å². The van der Waals surface area contributed by atoms with Crippen molar-refractivity contribution in [3.8, 4) is 0 Å². The monoisotopic (exact) mass is 179 g/mol. The largest absolute Gasteiger partial charge is 0.389 e. The molecule has 1 N–H and O–H groups in total. The maximum absolute atomic E-state index is 8.62. The van der Waals surface area contributed by atoms with Crippen molar-refractivity contribution in [1.82, 2.24) is 4.98 Å². The standard InChI is InChI=1S/C6H9NOS.ClH/c1-4-5(2)9-6(3-8)7-4;/h8H,3H2,1-2H3;1H. The lowest BCUT2D eigenvalue weighted by Gasteiger charge is -1.79. The maximum atomic E-state index is 8.62. The van der Waals surface area contributed by atoms with Crippen molar-refractivity contribution in [3.05, 3.63) is 15.6 Å². The average Bonchev–Trinajstić information content (AvgIpc) is 2.13. The van der Waals surface area contributed by atoms with Gasteiger partial charge in [-0.2, -0.15) is 0 Å². The lowest BCUT2D eigenvalue weighted by atomic mass is 10.4. The number of hydrogen-bond donors (Lipinski definition) is 1. The molecule has 10 heavy (non-hydrogen) atoms. The van der Waals surface area contributed by atoms with Gasteiger partial charge in [-0.25, -0.2) is 4.98 Å². The quantitative estimate of drug-likeness (QED) is 0.712. The first-order valence-electron chi connectivity index (χ1n) is 2.78. The Morgan fingerprint density at radius 3 is 2.30 bits per heavy atom. The molecule has 0 bridgehead atoms. The fourth-order valence-electron chi connectivity index (χ4n) is 0.607. The molecule has 1 aromatic rings. The van der Waals surface area contributed by atoms with Gasteiger partial charge in [-0.3, -0.25) is 0 Å². The van der Waals surface area contributed by atoms with Crippen LogP contribution in [0.25, 0.3) is 0 Å². The molecule has 2 nitrogen and oxygen atoms in total. The van der Waals surface area contributed by atoms with Crippen molar-refractivity contribution in [1.29, 1.82) is 0 Å². The van der Waals surface area contributed by atoms with Gasteiger partial charge < -0.3 is 5.11 Å². The Hall–Kier alpha value is -0.120. The van der Waals surface area contributed by atoms with Gasteiger partial charge in [0.1, 0.15) is 5.01 Å². The SMILES string of the molecule is Cc1nc(CO)sc1C.Cl. The second-order valence-corrected chi connectivity index (χ2v) is 3.20. The van der Waals surface area contributed by atoms with Gasteiger partial charge in [0.05, 0.1) is 12.3 Å².